The first-order valence-electron chi connectivity index (χ1n) is 6.05. The summed E-state index contributed by atoms with van der Waals surface area (Å²) < 4.78 is 27.1. The molecule has 0 atom stereocenters. The molecule has 0 aliphatic carbocycles. The molecule has 1 N–H and O–H groups in total. The van der Waals surface area contributed by atoms with Crippen LogP contribution in [-0.2, 0) is 25.0 Å². The minimum absolute atomic E-state index is 0.132. The van der Waals surface area contributed by atoms with Crippen LogP contribution < -0.4 is 5.32 Å². The van der Waals surface area contributed by atoms with Crippen LogP contribution in [0.2, 0.25) is 0 Å². The van der Waals surface area contributed by atoms with Crippen molar-refractivity contribution in [1.29, 1.82) is 0 Å². The molecule has 0 fully saturated rings. The SMILES string of the molecule is COP(=O)(OC)C(C)(C)NC(=O)OCc1ccccc1. The van der Waals surface area contributed by atoms with Crippen molar-refractivity contribution in [2.45, 2.75) is 25.7 Å². The zero-order chi connectivity index (χ0) is 15.2. The quantitative estimate of drug-likeness (QED) is 0.817. The predicted octanol–water partition coefficient (Wildman–Crippen LogP) is 3.13. The van der Waals surface area contributed by atoms with E-state index in [9.17, 15) is 9.36 Å². The predicted molar refractivity (Wildman–Crippen MR) is 75.5 cm³/mol. The maximum absolute atomic E-state index is 12.3. The highest BCUT2D eigenvalue weighted by Gasteiger charge is 2.43. The lowest BCUT2D eigenvalue weighted by Crippen LogP contribution is -2.44. The fraction of sp³-hybridized carbons (Fsp3) is 0.462. The lowest BCUT2D eigenvalue weighted by molar-refractivity contribution is 0.131. The van der Waals surface area contributed by atoms with Crippen LogP contribution >= 0.6 is 7.60 Å². The van der Waals surface area contributed by atoms with Crippen LogP contribution in [0.25, 0.3) is 0 Å². The topological polar surface area (TPSA) is 73.9 Å². The lowest BCUT2D eigenvalue weighted by Gasteiger charge is -2.31. The zero-order valence-electron chi connectivity index (χ0n) is 12.1. The Morgan fingerprint density at radius 3 is 2.25 bits per heavy atom. The number of amides is 1. The van der Waals surface area contributed by atoms with Crippen LogP contribution in [0.1, 0.15) is 19.4 Å². The summed E-state index contributed by atoms with van der Waals surface area (Å²) in [6.07, 6.45) is -0.687. The van der Waals surface area contributed by atoms with Crippen LogP contribution in [0, 0.1) is 0 Å². The van der Waals surface area contributed by atoms with Gasteiger partial charge >= 0.3 is 13.7 Å². The van der Waals surface area contributed by atoms with E-state index in [1.807, 2.05) is 30.3 Å². The van der Waals surface area contributed by atoms with E-state index in [1.54, 1.807) is 13.8 Å². The summed E-state index contributed by atoms with van der Waals surface area (Å²) >= 11 is 0. The highest BCUT2D eigenvalue weighted by molar-refractivity contribution is 7.55. The monoisotopic (exact) mass is 301 g/mol. The molecule has 0 radical (unpaired) electrons. The third kappa shape index (κ3) is 4.07. The van der Waals surface area contributed by atoms with Crippen LogP contribution in [0.15, 0.2) is 30.3 Å². The number of carbonyl (C=O) groups is 1. The zero-order valence-corrected chi connectivity index (χ0v) is 13.0. The van der Waals surface area contributed by atoms with Crippen molar-refractivity contribution in [3.05, 3.63) is 35.9 Å². The Hall–Kier alpha value is -1.36. The Balaban J connectivity index is 2.59. The molecule has 0 saturated carbocycles. The smallest absolute Gasteiger partial charge is 0.408 e. The molecule has 0 aliphatic heterocycles. The van der Waals surface area contributed by atoms with Crippen LogP contribution in [0.3, 0.4) is 0 Å². The van der Waals surface area contributed by atoms with Gasteiger partial charge in [0, 0.05) is 14.2 Å². The van der Waals surface area contributed by atoms with Gasteiger partial charge in [0.05, 0.1) is 0 Å². The second kappa shape index (κ2) is 6.88. The van der Waals surface area contributed by atoms with Gasteiger partial charge in [0.15, 0.2) is 0 Å². The fourth-order valence-electron chi connectivity index (χ4n) is 1.61. The molecule has 1 rings (SSSR count). The molecular weight excluding hydrogens is 281 g/mol. The lowest BCUT2D eigenvalue weighted by atomic mass is 10.2. The van der Waals surface area contributed by atoms with Crippen LogP contribution in [0.5, 0.6) is 0 Å². The molecule has 0 aliphatic rings. The van der Waals surface area contributed by atoms with Gasteiger partial charge in [0.1, 0.15) is 11.9 Å². The Morgan fingerprint density at radius 2 is 1.75 bits per heavy atom. The molecule has 0 spiro atoms. The Bertz CT molecular complexity index is 481. The highest BCUT2D eigenvalue weighted by Crippen LogP contribution is 2.57. The summed E-state index contributed by atoms with van der Waals surface area (Å²) in [7, 11) is -0.912. The van der Waals surface area contributed by atoms with Gasteiger partial charge in [-0.3, -0.25) is 4.57 Å². The molecular formula is C13H20NO5P. The standard InChI is InChI=1S/C13H20NO5P/c1-13(2,20(16,17-3)18-4)14-12(15)19-10-11-8-6-5-7-9-11/h5-9H,10H2,1-4H3,(H,14,15). The molecule has 0 saturated heterocycles. The average Bonchev–Trinajstić information content (AvgIpc) is 2.44. The first-order chi connectivity index (χ1) is 9.34. The first kappa shape index (κ1) is 16.7. The summed E-state index contributed by atoms with van der Waals surface area (Å²) in [4.78, 5) is 11.7. The number of alkyl carbamates (subject to hydrolysis) is 1. The summed E-state index contributed by atoms with van der Waals surface area (Å²) in [6, 6.07) is 9.26. The largest absolute Gasteiger partial charge is 0.445 e. The molecule has 7 heteroatoms. The average molecular weight is 301 g/mol. The molecule has 0 heterocycles. The van der Waals surface area contributed by atoms with Gasteiger partial charge in [-0.2, -0.15) is 0 Å². The van der Waals surface area contributed by atoms with Gasteiger partial charge in [0.2, 0.25) is 0 Å². The van der Waals surface area contributed by atoms with E-state index < -0.39 is 19.0 Å². The number of rotatable bonds is 6. The summed E-state index contributed by atoms with van der Waals surface area (Å²) in [5.41, 5.74) is 0.863. The van der Waals surface area contributed by atoms with Crippen molar-refractivity contribution in [2.24, 2.45) is 0 Å². The number of nitrogens with one attached hydrogen (secondary N) is 1. The van der Waals surface area contributed by atoms with E-state index >= 15 is 0 Å². The number of carbonyl (C=O) groups excluding carboxylic acids is 1. The summed E-state index contributed by atoms with van der Waals surface area (Å²) in [5, 5.41) is 1.30. The van der Waals surface area contributed by atoms with E-state index in [0.717, 1.165) is 5.56 Å². The van der Waals surface area contributed by atoms with Crippen molar-refractivity contribution in [3.8, 4) is 0 Å². The van der Waals surface area contributed by atoms with Crippen molar-refractivity contribution in [2.75, 3.05) is 14.2 Å². The van der Waals surface area contributed by atoms with Crippen LogP contribution in [0.4, 0.5) is 4.79 Å². The van der Waals surface area contributed by atoms with Crippen molar-refractivity contribution in [3.63, 3.8) is 0 Å². The Kier molecular flexibility index (Phi) is 5.74. The molecule has 112 valence electrons. The van der Waals surface area contributed by atoms with Gasteiger partial charge in [-0.1, -0.05) is 30.3 Å². The molecule has 6 nitrogen and oxygen atoms in total. The second-order valence-electron chi connectivity index (χ2n) is 4.61. The van der Waals surface area contributed by atoms with Gasteiger partial charge in [-0.25, -0.2) is 4.79 Å². The maximum atomic E-state index is 12.3. The van der Waals surface area contributed by atoms with Gasteiger partial charge in [-0.15, -0.1) is 0 Å². The van der Waals surface area contributed by atoms with Gasteiger partial charge in [0.25, 0.3) is 0 Å². The van der Waals surface area contributed by atoms with Crippen LogP contribution in [-0.4, -0.2) is 25.6 Å². The number of hydrogen-bond acceptors (Lipinski definition) is 5. The molecule has 1 aromatic carbocycles. The van der Waals surface area contributed by atoms with E-state index in [0.29, 0.717) is 0 Å². The number of hydrogen-bond donors (Lipinski definition) is 1. The third-order valence-electron chi connectivity index (χ3n) is 2.79. The van der Waals surface area contributed by atoms with E-state index in [4.69, 9.17) is 13.8 Å². The Morgan fingerprint density at radius 1 is 1.20 bits per heavy atom. The third-order valence-corrected chi connectivity index (χ3v) is 5.23. The molecule has 0 unspecified atom stereocenters. The summed E-state index contributed by atoms with van der Waals surface area (Å²) in [6.45, 7) is 3.22. The van der Waals surface area contributed by atoms with E-state index in [1.165, 1.54) is 14.2 Å². The maximum Gasteiger partial charge on any atom is 0.408 e. The molecule has 1 aromatic rings. The van der Waals surface area contributed by atoms with E-state index in [-0.39, 0.29) is 6.61 Å². The molecule has 0 bridgehead atoms. The normalized spacial score (nSPS) is 12.0. The highest BCUT2D eigenvalue weighted by atomic mass is 31.2. The molecule has 0 aromatic heterocycles. The number of benzene rings is 1. The second-order valence-corrected chi connectivity index (χ2v) is 7.45. The molecule has 20 heavy (non-hydrogen) atoms. The summed E-state index contributed by atoms with van der Waals surface area (Å²) in [5.74, 6) is 0. The van der Waals surface area contributed by atoms with Gasteiger partial charge < -0.3 is 19.1 Å². The van der Waals surface area contributed by atoms with Gasteiger partial charge in [-0.05, 0) is 19.4 Å². The molecule has 1 amide bonds. The Labute approximate surface area is 119 Å². The minimum atomic E-state index is -3.45. The van der Waals surface area contributed by atoms with Crippen molar-refractivity contribution >= 4 is 13.7 Å². The minimum Gasteiger partial charge on any atom is -0.445 e. The fourth-order valence-corrected chi connectivity index (χ4v) is 2.90. The number of ether oxygens (including phenoxy) is 1. The van der Waals surface area contributed by atoms with Crippen molar-refractivity contribution < 1.29 is 23.1 Å². The first-order valence-corrected chi connectivity index (χ1v) is 7.59. The van der Waals surface area contributed by atoms with E-state index in [2.05, 4.69) is 5.32 Å². The van der Waals surface area contributed by atoms with Crippen molar-refractivity contribution in [1.82, 2.24) is 5.32 Å².